The molecule has 2 fully saturated rings. The standard InChI is InChI=1S/C30H33FN4O3/c1-19-20(2)29(37)33-32-26(19)17-21-12-13-25(31)24(16-21)30(38)34-14-15-35(28(36)18-34)27-11-7-6-10-23(27)22-8-4-3-5-9-22/h3-5,8-9,12-13,16,23,27H,6-7,10-11,14-15,17-18H2,1-2H3,(H,33,37)/t23-,27+/m0/s1. The minimum absolute atomic E-state index is 0.0534. The van der Waals surface area contributed by atoms with Crippen LogP contribution in [-0.2, 0) is 11.2 Å². The fourth-order valence-electron chi connectivity index (χ4n) is 5.84. The molecular weight excluding hydrogens is 483 g/mol. The number of halogens is 1. The van der Waals surface area contributed by atoms with Gasteiger partial charge >= 0.3 is 0 Å². The van der Waals surface area contributed by atoms with Crippen molar-refractivity contribution in [2.24, 2.45) is 0 Å². The first kappa shape index (κ1) is 25.8. The first-order valence-electron chi connectivity index (χ1n) is 13.3. The normalized spacial score (nSPS) is 20.0. The lowest BCUT2D eigenvalue weighted by Gasteiger charge is -2.44. The Hall–Kier alpha value is -3.81. The van der Waals surface area contributed by atoms with E-state index < -0.39 is 11.7 Å². The van der Waals surface area contributed by atoms with Crippen LogP contribution in [0, 0.1) is 19.7 Å². The van der Waals surface area contributed by atoms with Gasteiger partial charge in [0.2, 0.25) is 5.91 Å². The zero-order valence-electron chi connectivity index (χ0n) is 21.9. The van der Waals surface area contributed by atoms with E-state index >= 15 is 0 Å². The van der Waals surface area contributed by atoms with Crippen molar-refractivity contribution < 1.29 is 14.0 Å². The summed E-state index contributed by atoms with van der Waals surface area (Å²) >= 11 is 0. The van der Waals surface area contributed by atoms with Crippen molar-refractivity contribution in [3.8, 4) is 0 Å². The summed E-state index contributed by atoms with van der Waals surface area (Å²) in [5.74, 6) is -0.897. The summed E-state index contributed by atoms with van der Waals surface area (Å²) in [4.78, 5) is 41.9. The molecule has 1 saturated carbocycles. The van der Waals surface area contributed by atoms with Gasteiger partial charge in [-0.15, -0.1) is 0 Å². The molecule has 8 heteroatoms. The predicted octanol–water partition coefficient (Wildman–Crippen LogP) is 4.13. The molecule has 0 bridgehead atoms. The first-order valence-corrected chi connectivity index (χ1v) is 13.3. The van der Waals surface area contributed by atoms with Gasteiger partial charge in [-0.2, -0.15) is 5.10 Å². The van der Waals surface area contributed by atoms with Gasteiger partial charge in [-0.05, 0) is 55.5 Å². The van der Waals surface area contributed by atoms with Crippen LogP contribution in [0.15, 0.2) is 53.3 Å². The molecular formula is C30H33FN4O3. The Morgan fingerprint density at radius 2 is 1.79 bits per heavy atom. The monoisotopic (exact) mass is 516 g/mol. The topological polar surface area (TPSA) is 86.4 Å². The van der Waals surface area contributed by atoms with Gasteiger partial charge in [-0.1, -0.05) is 49.2 Å². The molecule has 2 amide bonds. The number of aromatic nitrogens is 2. The van der Waals surface area contributed by atoms with E-state index in [9.17, 15) is 18.8 Å². The highest BCUT2D eigenvalue weighted by Crippen LogP contribution is 2.37. The van der Waals surface area contributed by atoms with E-state index in [1.807, 2.05) is 30.0 Å². The van der Waals surface area contributed by atoms with E-state index in [0.29, 0.717) is 42.2 Å². The second-order valence-corrected chi connectivity index (χ2v) is 10.4. The van der Waals surface area contributed by atoms with E-state index in [2.05, 4.69) is 22.3 Å². The quantitative estimate of drug-likeness (QED) is 0.553. The van der Waals surface area contributed by atoms with E-state index in [4.69, 9.17) is 0 Å². The molecule has 1 N–H and O–H groups in total. The fourth-order valence-corrected chi connectivity index (χ4v) is 5.84. The van der Waals surface area contributed by atoms with Gasteiger partial charge in [0.05, 0.1) is 11.3 Å². The van der Waals surface area contributed by atoms with Gasteiger partial charge in [0, 0.05) is 37.0 Å². The second-order valence-electron chi connectivity index (χ2n) is 10.4. The summed E-state index contributed by atoms with van der Waals surface area (Å²) in [6.07, 6.45) is 4.57. The number of benzene rings is 2. The number of amides is 2. The maximum Gasteiger partial charge on any atom is 0.267 e. The number of piperazine rings is 1. The van der Waals surface area contributed by atoms with Gasteiger partial charge < -0.3 is 9.80 Å². The Morgan fingerprint density at radius 3 is 2.55 bits per heavy atom. The maximum atomic E-state index is 14.8. The molecule has 0 unspecified atom stereocenters. The average molecular weight is 517 g/mol. The summed E-state index contributed by atoms with van der Waals surface area (Å²) in [5, 5.41) is 6.62. The van der Waals surface area contributed by atoms with E-state index in [0.717, 1.165) is 31.2 Å². The molecule has 0 spiro atoms. The third kappa shape index (κ3) is 5.12. The Balaban J connectivity index is 1.31. The number of carbonyl (C=O) groups is 2. The number of nitrogens with one attached hydrogen (secondary N) is 1. The van der Waals surface area contributed by atoms with Crippen LogP contribution in [0.2, 0.25) is 0 Å². The second kappa shape index (κ2) is 10.9. The molecule has 3 aromatic rings. The number of aromatic amines is 1. The van der Waals surface area contributed by atoms with Crippen LogP contribution >= 0.6 is 0 Å². The summed E-state index contributed by atoms with van der Waals surface area (Å²) in [7, 11) is 0. The van der Waals surface area contributed by atoms with E-state index in [1.165, 1.54) is 22.6 Å². The van der Waals surface area contributed by atoms with Crippen molar-refractivity contribution in [3.63, 3.8) is 0 Å². The Morgan fingerprint density at radius 1 is 1.03 bits per heavy atom. The summed E-state index contributed by atoms with van der Waals surface area (Å²) in [6, 6.07) is 14.9. The average Bonchev–Trinajstić information content (AvgIpc) is 2.94. The van der Waals surface area contributed by atoms with Gasteiger partial charge in [-0.25, -0.2) is 9.49 Å². The summed E-state index contributed by atoms with van der Waals surface area (Å²) in [5.41, 5.74) is 3.67. The lowest BCUT2D eigenvalue weighted by atomic mass is 9.79. The van der Waals surface area contributed by atoms with Crippen LogP contribution in [0.1, 0.15) is 69.9 Å². The molecule has 2 aromatic carbocycles. The SMILES string of the molecule is Cc1c(Cc2ccc(F)c(C(=O)N3CCN([C@@H]4CCCC[C@H]4c4ccccc4)C(=O)C3)c2)n[nH]c(=O)c1C. The minimum Gasteiger partial charge on any atom is -0.336 e. The number of hydrogen-bond acceptors (Lipinski definition) is 4. The van der Waals surface area contributed by atoms with Crippen LogP contribution in [-0.4, -0.2) is 57.5 Å². The van der Waals surface area contributed by atoms with Crippen LogP contribution < -0.4 is 5.56 Å². The van der Waals surface area contributed by atoms with Crippen LogP contribution in [0.4, 0.5) is 4.39 Å². The van der Waals surface area contributed by atoms with Crippen molar-refractivity contribution in [2.75, 3.05) is 19.6 Å². The Kier molecular flexibility index (Phi) is 7.40. The molecule has 1 aromatic heterocycles. The number of carbonyl (C=O) groups excluding carboxylic acids is 2. The van der Waals surface area contributed by atoms with Crippen LogP contribution in [0.3, 0.4) is 0 Å². The summed E-state index contributed by atoms with van der Waals surface area (Å²) in [6.45, 7) is 4.30. The molecule has 0 radical (unpaired) electrons. The molecule has 5 rings (SSSR count). The van der Waals surface area contributed by atoms with Crippen molar-refractivity contribution in [1.82, 2.24) is 20.0 Å². The largest absolute Gasteiger partial charge is 0.336 e. The van der Waals surface area contributed by atoms with Crippen molar-refractivity contribution >= 4 is 11.8 Å². The number of hydrogen-bond donors (Lipinski definition) is 1. The van der Waals surface area contributed by atoms with Crippen LogP contribution in [0.25, 0.3) is 0 Å². The smallest absolute Gasteiger partial charge is 0.267 e. The Labute approximate surface area is 221 Å². The predicted molar refractivity (Wildman–Crippen MR) is 143 cm³/mol. The van der Waals surface area contributed by atoms with Crippen molar-refractivity contribution in [2.45, 2.75) is 57.9 Å². The summed E-state index contributed by atoms with van der Waals surface area (Å²) < 4.78 is 14.8. The van der Waals surface area contributed by atoms with Gasteiger partial charge in [0.25, 0.3) is 11.5 Å². The molecule has 7 nitrogen and oxygen atoms in total. The van der Waals surface area contributed by atoms with Crippen molar-refractivity contribution in [1.29, 1.82) is 0 Å². The molecule has 2 heterocycles. The Bertz CT molecular complexity index is 1400. The molecule has 2 aliphatic rings. The highest BCUT2D eigenvalue weighted by Gasteiger charge is 2.37. The lowest BCUT2D eigenvalue weighted by Crippen LogP contribution is -2.57. The molecule has 2 atom stereocenters. The molecule has 198 valence electrons. The third-order valence-electron chi connectivity index (χ3n) is 8.16. The van der Waals surface area contributed by atoms with Crippen LogP contribution in [0.5, 0.6) is 0 Å². The fraction of sp³-hybridized carbons (Fsp3) is 0.400. The van der Waals surface area contributed by atoms with E-state index in [1.54, 1.807) is 13.0 Å². The minimum atomic E-state index is -0.618. The molecule has 1 aliphatic carbocycles. The number of nitrogens with zero attached hydrogens (tertiary/aromatic N) is 3. The molecule has 1 aliphatic heterocycles. The third-order valence-corrected chi connectivity index (χ3v) is 8.16. The number of rotatable bonds is 5. The zero-order chi connectivity index (χ0) is 26.8. The molecule has 38 heavy (non-hydrogen) atoms. The lowest BCUT2D eigenvalue weighted by molar-refractivity contribution is -0.138. The maximum absolute atomic E-state index is 14.8. The van der Waals surface area contributed by atoms with Gasteiger partial charge in [-0.3, -0.25) is 14.4 Å². The molecule has 1 saturated heterocycles. The first-order chi connectivity index (χ1) is 18.3. The van der Waals surface area contributed by atoms with Gasteiger partial charge in [0.15, 0.2) is 0 Å². The van der Waals surface area contributed by atoms with Crippen molar-refractivity contribution in [3.05, 3.63) is 98.2 Å². The van der Waals surface area contributed by atoms with E-state index in [-0.39, 0.29) is 29.6 Å². The highest BCUT2D eigenvalue weighted by molar-refractivity contribution is 5.97. The highest BCUT2D eigenvalue weighted by atomic mass is 19.1. The zero-order valence-corrected chi connectivity index (χ0v) is 21.9. The number of H-pyrrole nitrogens is 1. The van der Waals surface area contributed by atoms with Gasteiger partial charge in [0.1, 0.15) is 12.4 Å².